The molecular formula is C17H10N2O2S. The standard InChI is InChI=1S/C17H10N2O2S/c18-10-13(15(20)11-6-2-1-3-7-11)17-19-16(21)12-8-4-5-9-14(12)22-17/h1-9,20H. The van der Waals surface area contributed by atoms with Crippen LogP contribution < -0.4 is 5.56 Å². The maximum Gasteiger partial charge on any atom is 0.279 e. The number of fused-ring (bicyclic) bond motifs is 1. The lowest BCUT2D eigenvalue weighted by Gasteiger charge is -2.04. The highest BCUT2D eigenvalue weighted by atomic mass is 32.1. The minimum atomic E-state index is -0.405. The van der Waals surface area contributed by atoms with Gasteiger partial charge in [0.05, 0.1) is 5.39 Å². The van der Waals surface area contributed by atoms with Crippen molar-refractivity contribution in [3.05, 3.63) is 75.5 Å². The number of benzene rings is 2. The van der Waals surface area contributed by atoms with Gasteiger partial charge in [0.15, 0.2) is 0 Å². The number of nitriles is 1. The van der Waals surface area contributed by atoms with Crippen molar-refractivity contribution in [1.82, 2.24) is 4.98 Å². The Labute approximate surface area is 130 Å². The largest absolute Gasteiger partial charge is 0.506 e. The zero-order valence-electron chi connectivity index (χ0n) is 11.4. The zero-order chi connectivity index (χ0) is 15.5. The third-order valence-corrected chi connectivity index (χ3v) is 4.20. The summed E-state index contributed by atoms with van der Waals surface area (Å²) in [7, 11) is 0. The lowest BCUT2D eigenvalue weighted by atomic mass is 10.1. The predicted molar refractivity (Wildman–Crippen MR) is 87.4 cm³/mol. The highest BCUT2D eigenvalue weighted by molar-refractivity contribution is 7.19. The van der Waals surface area contributed by atoms with Crippen molar-refractivity contribution in [2.75, 3.05) is 0 Å². The van der Waals surface area contributed by atoms with Crippen LogP contribution in [0.5, 0.6) is 0 Å². The molecule has 0 unspecified atom stereocenters. The van der Waals surface area contributed by atoms with Gasteiger partial charge in [0.1, 0.15) is 22.4 Å². The number of aromatic nitrogens is 1. The molecule has 1 aromatic heterocycles. The summed E-state index contributed by atoms with van der Waals surface area (Å²) in [5, 5.41) is 20.4. The molecule has 0 spiro atoms. The Morgan fingerprint density at radius 2 is 1.77 bits per heavy atom. The summed E-state index contributed by atoms with van der Waals surface area (Å²) in [5.41, 5.74) is 0.102. The molecule has 3 rings (SSSR count). The van der Waals surface area contributed by atoms with Crippen LogP contribution in [0, 0.1) is 11.3 Å². The Hall–Kier alpha value is -2.97. The lowest BCUT2D eigenvalue weighted by Crippen LogP contribution is -2.07. The number of aliphatic hydroxyl groups excluding tert-OH is 1. The minimum Gasteiger partial charge on any atom is -0.506 e. The van der Waals surface area contributed by atoms with Gasteiger partial charge in [0.25, 0.3) is 5.56 Å². The molecule has 0 fully saturated rings. The summed E-state index contributed by atoms with van der Waals surface area (Å²) in [6.07, 6.45) is 0. The van der Waals surface area contributed by atoms with Crippen molar-refractivity contribution >= 4 is 32.8 Å². The minimum absolute atomic E-state index is 0.000877. The van der Waals surface area contributed by atoms with Crippen LogP contribution in [0.1, 0.15) is 10.6 Å². The molecule has 0 bridgehead atoms. The Kier molecular flexibility index (Phi) is 3.69. The van der Waals surface area contributed by atoms with Gasteiger partial charge in [0.2, 0.25) is 0 Å². The molecule has 0 aliphatic heterocycles. The Morgan fingerprint density at radius 3 is 2.50 bits per heavy atom. The van der Waals surface area contributed by atoms with Crippen molar-refractivity contribution in [3.8, 4) is 6.07 Å². The molecule has 0 saturated heterocycles. The van der Waals surface area contributed by atoms with E-state index in [1.807, 2.05) is 18.2 Å². The van der Waals surface area contributed by atoms with E-state index in [2.05, 4.69) is 4.98 Å². The fourth-order valence-corrected chi connectivity index (χ4v) is 3.05. The summed E-state index contributed by atoms with van der Waals surface area (Å²) in [5.74, 6) is -0.179. The normalized spacial score (nSPS) is 11.8. The smallest absolute Gasteiger partial charge is 0.279 e. The first kappa shape index (κ1) is 14.0. The molecular weight excluding hydrogens is 296 g/mol. The van der Waals surface area contributed by atoms with Gasteiger partial charge in [-0.1, -0.05) is 42.5 Å². The number of rotatable bonds is 2. The maximum absolute atomic E-state index is 12.1. The zero-order valence-corrected chi connectivity index (χ0v) is 12.2. The number of hydrogen-bond donors (Lipinski definition) is 1. The summed E-state index contributed by atoms with van der Waals surface area (Å²) in [4.78, 5) is 16.0. The first-order chi connectivity index (χ1) is 10.7. The third-order valence-electron chi connectivity index (χ3n) is 3.14. The number of nitrogens with zero attached hydrogens (tertiary/aromatic N) is 2. The summed E-state index contributed by atoms with van der Waals surface area (Å²) in [6.45, 7) is 0. The fourth-order valence-electron chi connectivity index (χ4n) is 2.06. The number of aliphatic hydroxyl groups is 1. The topological polar surface area (TPSA) is 74.0 Å². The van der Waals surface area contributed by atoms with Gasteiger partial charge in [-0.05, 0) is 12.1 Å². The van der Waals surface area contributed by atoms with Crippen LogP contribution in [-0.2, 0) is 0 Å². The van der Waals surface area contributed by atoms with E-state index in [0.29, 0.717) is 10.9 Å². The van der Waals surface area contributed by atoms with Gasteiger partial charge in [-0.3, -0.25) is 4.79 Å². The summed E-state index contributed by atoms with van der Waals surface area (Å²) in [6, 6.07) is 17.7. The van der Waals surface area contributed by atoms with E-state index in [9.17, 15) is 15.2 Å². The van der Waals surface area contributed by atoms with Gasteiger partial charge in [-0.25, -0.2) is 0 Å². The Balaban J connectivity index is 2.25. The van der Waals surface area contributed by atoms with Crippen LogP contribution in [0.15, 0.2) is 59.4 Å². The molecule has 4 nitrogen and oxygen atoms in total. The van der Waals surface area contributed by atoms with E-state index in [1.54, 1.807) is 42.5 Å². The molecule has 0 amide bonds. The van der Waals surface area contributed by atoms with Gasteiger partial charge in [-0.2, -0.15) is 10.2 Å². The molecule has 0 radical (unpaired) electrons. The second-order valence-corrected chi connectivity index (χ2v) is 5.55. The van der Waals surface area contributed by atoms with E-state index < -0.39 is 5.56 Å². The van der Waals surface area contributed by atoms with Crippen molar-refractivity contribution in [2.45, 2.75) is 0 Å². The molecule has 1 N–H and O–H groups in total. The van der Waals surface area contributed by atoms with Gasteiger partial charge in [0, 0.05) is 10.3 Å². The molecule has 5 heteroatoms. The third kappa shape index (κ3) is 2.48. The van der Waals surface area contributed by atoms with Crippen LogP contribution >= 0.6 is 11.3 Å². The molecule has 106 valence electrons. The van der Waals surface area contributed by atoms with E-state index in [4.69, 9.17) is 0 Å². The predicted octanol–water partition coefficient (Wildman–Crippen LogP) is 3.61. The first-order valence-electron chi connectivity index (χ1n) is 6.49. The van der Waals surface area contributed by atoms with Gasteiger partial charge < -0.3 is 5.11 Å². The van der Waals surface area contributed by atoms with E-state index in [1.165, 1.54) is 11.3 Å². The van der Waals surface area contributed by atoms with Gasteiger partial charge >= 0.3 is 0 Å². The molecule has 0 atom stereocenters. The molecule has 0 aliphatic carbocycles. The second-order valence-electron chi connectivity index (χ2n) is 4.52. The molecule has 0 saturated carbocycles. The van der Waals surface area contributed by atoms with Crippen molar-refractivity contribution in [2.24, 2.45) is 0 Å². The van der Waals surface area contributed by atoms with E-state index in [0.717, 1.165) is 4.70 Å². The molecule has 2 aromatic carbocycles. The SMILES string of the molecule is N#CC(=C(O)c1ccccc1)c1nc(=O)c2ccccc2s1. The quantitative estimate of drug-likeness (QED) is 0.580. The van der Waals surface area contributed by atoms with Crippen LogP contribution in [-0.4, -0.2) is 10.1 Å². The first-order valence-corrected chi connectivity index (χ1v) is 7.31. The van der Waals surface area contributed by atoms with Crippen molar-refractivity contribution in [3.63, 3.8) is 0 Å². The molecule has 3 aromatic rings. The average molecular weight is 306 g/mol. The van der Waals surface area contributed by atoms with Crippen LogP contribution in [0.25, 0.3) is 21.4 Å². The molecule has 0 aliphatic rings. The Morgan fingerprint density at radius 1 is 1.09 bits per heavy atom. The van der Waals surface area contributed by atoms with Crippen LogP contribution in [0.3, 0.4) is 0 Å². The second kappa shape index (κ2) is 5.80. The average Bonchev–Trinajstić information content (AvgIpc) is 2.56. The number of hydrogen-bond acceptors (Lipinski definition) is 5. The summed E-state index contributed by atoms with van der Waals surface area (Å²) >= 11 is 1.21. The summed E-state index contributed by atoms with van der Waals surface area (Å²) < 4.78 is 0.728. The van der Waals surface area contributed by atoms with E-state index >= 15 is 0 Å². The Bertz CT molecular complexity index is 969. The van der Waals surface area contributed by atoms with Crippen molar-refractivity contribution < 1.29 is 5.11 Å². The maximum atomic E-state index is 12.1. The van der Waals surface area contributed by atoms with Crippen molar-refractivity contribution in [1.29, 1.82) is 5.26 Å². The van der Waals surface area contributed by atoms with E-state index in [-0.39, 0.29) is 16.3 Å². The number of allylic oxidation sites excluding steroid dienone is 1. The lowest BCUT2D eigenvalue weighted by molar-refractivity contribution is 0.514. The van der Waals surface area contributed by atoms with Crippen LogP contribution in [0.2, 0.25) is 0 Å². The van der Waals surface area contributed by atoms with Crippen LogP contribution in [0.4, 0.5) is 0 Å². The molecule has 1 heterocycles. The fraction of sp³-hybridized carbons (Fsp3) is 0. The highest BCUT2D eigenvalue weighted by Gasteiger charge is 2.14. The van der Waals surface area contributed by atoms with Gasteiger partial charge in [-0.15, -0.1) is 11.3 Å². The monoisotopic (exact) mass is 306 g/mol. The highest BCUT2D eigenvalue weighted by Crippen LogP contribution is 2.27. The molecule has 22 heavy (non-hydrogen) atoms.